The quantitative estimate of drug-likeness (QED) is 0.793. The maximum absolute atomic E-state index is 5.80. The van der Waals surface area contributed by atoms with Crippen LogP contribution in [0.5, 0.6) is 0 Å². The van der Waals surface area contributed by atoms with Crippen molar-refractivity contribution in [3.8, 4) is 0 Å². The summed E-state index contributed by atoms with van der Waals surface area (Å²) in [5.74, 6) is 0. The summed E-state index contributed by atoms with van der Waals surface area (Å²) in [5.41, 5.74) is 15.3. The minimum absolute atomic E-state index is 0.634. The first kappa shape index (κ1) is 11.9. The average Bonchev–Trinajstić information content (AvgIpc) is 2.27. The standard InChI is InChI=1S/C14H16N2S/c1-9-3-6-14(10(2)7-9)17-11-4-5-12(15)13(16)8-11/h3-8H,15-16H2,1-2H3. The second kappa shape index (κ2) is 4.72. The van der Waals surface area contributed by atoms with E-state index in [4.69, 9.17) is 11.5 Å². The zero-order chi connectivity index (χ0) is 12.4. The minimum Gasteiger partial charge on any atom is -0.397 e. The maximum Gasteiger partial charge on any atom is 0.0559 e. The molecule has 0 atom stereocenters. The number of hydrogen-bond acceptors (Lipinski definition) is 3. The Kier molecular flexibility index (Phi) is 3.29. The first-order valence-electron chi connectivity index (χ1n) is 5.46. The third-order valence-corrected chi connectivity index (χ3v) is 3.78. The van der Waals surface area contributed by atoms with Crippen LogP contribution in [-0.4, -0.2) is 0 Å². The fourth-order valence-electron chi connectivity index (χ4n) is 1.66. The predicted molar refractivity (Wildman–Crippen MR) is 75.3 cm³/mol. The van der Waals surface area contributed by atoms with E-state index in [0.717, 1.165) is 4.90 Å². The topological polar surface area (TPSA) is 52.0 Å². The summed E-state index contributed by atoms with van der Waals surface area (Å²) in [6, 6.07) is 12.2. The third-order valence-electron chi connectivity index (χ3n) is 2.62. The smallest absolute Gasteiger partial charge is 0.0559 e. The zero-order valence-corrected chi connectivity index (χ0v) is 10.8. The van der Waals surface area contributed by atoms with Gasteiger partial charge >= 0.3 is 0 Å². The van der Waals surface area contributed by atoms with Gasteiger partial charge in [-0.15, -0.1) is 0 Å². The number of anilines is 2. The van der Waals surface area contributed by atoms with Crippen molar-refractivity contribution >= 4 is 23.1 Å². The van der Waals surface area contributed by atoms with Crippen molar-refractivity contribution in [1.29, 1.82) is 0 Å². The first-order valence-corrected chi connectivity index (χ1v) is 6.28. The molecule has 0 saturated heterocycles. The predicted octanol–water partition coefficient (Wildman–Crippen LogP) is 3.62. The van der Waals surface area contributed by atoms with Crippen LogP contribution in [0.3, 0.4) is 0 Å². The molecule has 0 aromatic heterocycles. The van der Waals surface area contributed by atoms with Crippen molar-refractivity contribution in [2.75, 3.05) is 11.5 Å². The van der Waals surface area contributed by atoms with Crippen LogP contribution in [0.1, 0.15) is 11.1 Å². The lowest BCUT2D eigenvalue weighted by Gasteiger charge is -2.08. The van der Waals surface area contributed by atoms with E-state index in [2.05, 4.69) is 32.0 Å². The van der Waals surface area contributed by atoms with Crippen molar-refractivity contribution in [2.24, 2.45) is 0 Å². The Labute approximate surface area is 106 Å². The molecule has 0 unspecified atom stereocenters. The van der Waals surface area contributed by atoms with Crippen LogP contribution >= 0.6 is 11.8 Å². The van der Waals surface area contributed by atoms with E-state index in [1.54, 1.807) is 11.8 Å². The minimum atomic E-state index is 0.634. The molecule has 2 nitrogen and oxygen atoms in total. The van der Waals surface area contributed by atoms with Gasteiger partial charge in [0.05, 0.1) is 11.4 Å². The molecular weight excluding hydrogens is 228 g/mol. The molecule has 0 aliphatic heterocycles. The molecule has 88 valence electrons. The molecule has 3 heteroatoms. The fourth-order valence-corrected chi connectivity index (χ4v) is 2.59. The molecule has 0 heterocycles. The Morgan fingerprint density at radius 1 is 0.882 bits per heavy atom. The van der Waals surface area contributed by atoms with Crippen LogP contribution in [0.25, 0.3) is 0 Å². The molecular formula is C14H16N2S. The largest absolute Gasteiger partial charge is 0.397 e. The average molecular weight is 244 g/mol. The maximum atomic E-state index is 5.80. The molecule has 0 amide bonds. The third kappa shape index (κ3) is 2.74. The highest BCUT2D eigenvalue weighted by atomic mass is 32.2. The van der Waals surface area contributed by atoms with Crippen LogP contribution in [0, 0.1) is 13.8 Å². The number of nitrogen functional groups attached to an aromatic ring is 2. The molecule has 0 aliphatic rings. The van der Waals surface area contributed by atoms with E-state index in [1.807, 2.05) is 18.2 Å². The number of benzene rings is 2. The summed E-state index contributed by atoms with van der Waals surface area (Å²) >= 11 is 1.71. The van der Waals surface area contributed by atoms with E-state index < -0.39 is 0 Å². The van der Waals surface area contributed by atoms with Crippen LogP contribution in [-0.2, 0) is 0 Å². The molecule has 17 heavy (non-hydrogen) atoms. The molecule has 0 fully saturated rings. The van der Waals surface area contributed by atoms with Crippen molar-refractivity contribution < 1.29 is 0 Å². The highest BCUT2D eigenvalue weighted by molar-refractivity contribution is 7.99. The lowest BCUT2D eigenvalue weighted by molar-refractivity contribution is 1.26. The van der Waals surface area contributed by atoms with Gasteiger partial charge in [0.25, 0.3) is 0 Å². The summed E-state index contributed by atoms with van der Waals surface area (Å²) in [6.07, 6.45) is 0. The van der Waals surface area contributed by atoms with Crippen LogP contribution in [0.2, 0.25) is 0 Å². The van der Waals surface area contributed by atoms with Crippen molar-refractivity contribution in [3.05, 3.63) is 47.5 Å². The Bertz CT molecular complexity index is 550. The van der Waals surface area contributed by atoms with E-state index in [1.165, 1.54) is 16.0 Å². The Morgan fingerprint density at radius 3 is 2.29 bits per heavy atom. The molecule has 4 N–H and O–H groups in total. The van der Waals surface area contributed by atoms with Crippen molar-refractivity contribution in [2.45, 2.75) is 23.6 Å². The van der Waals surface area contributed by atoms with Crippen LogP contribution in [0.15, 0.2) is 46.2 Å². The summed E-state index contributed by atoms with van der Waals surface area (Å²) in [7, 11) is 0. The Hall–Kier alpha value is -1.61. The second-order valence-corrected chi connectivity index (χ2v) is 5.28. The highest BCUT2D eigenvalue weighted by Crippen LogP contribution is 2.32. The summed E-state index contributed by atoms with van der Waals surface area (Å²) in [6.45, 7) is 4.22. The molecule has 0 radical (unpaired) electrons. The van der Waals surface area contributed by atoms with Gasteiger partial charge in [0.1, 0.15) is 0 Å². The van der Waals surface area contributed by atoms with E-state index >= 15 is 0 Å². The van der Waals surface area contributed by atoms with Crippen molar-refractivity contribution in [1.82, 2.24) is 0 Å². The molecule has 0 spiro atoms. The van der Waals surface area contributed by atoms with Gasteiger partial charge in [-0.1, -0.05) is 29.5 Å². The van der Waals surface area contributed by atoms with Crippen molar-refractivity contribution in [3.63, 3.8) is 0 Å². The monoisotopic (exact) mass is 244 g/mol. The number of aryl methyl sites for hydroxylation is 2. The fraction of sp³-hybridized carbons (Fsp3) is 0.143. The van der Waals surface area contributed by atoms with E-state index in [0.29, 0.717) is 11.4 Å². The number of hydrogen-bond donors (Lipinski definition) is 2. The molecule has 0 aliphatic carbocycles. The number of nitrogens with two attached hydrogens (primary N) is 2. The van der Waals surface area contributed by atoms with E-state index in [-0.39, 0.29) is 0 Å². The van der Waals surface area contributed by atoms with E-state index in [9.17, 15) is 0 Å². The van der Waals surface area contributed by atoms with Gasteiger partial charge in [0.15, 0.2) is 0 Å². The van der Waals surface area contributed by atoms with Crippen LogP contribution < -0.4 is 11.5 Å². The van der Waals surface area contributed by atoms with Gasteiger partial charge in [0.2, 0.25) is 0 Å². The second-order valence-electron chi connectivity index (χ2n) is 4.16. The van der Waals surface area contributed by atoms with Gasteiger partial charge in [-0.25, -0.2) is 0 Å². The lowest BCUT2D eigenvalue weighted by atomic mass is 10.2. The SMILES string of the molecule is Cc1ccc(Sc2ccc(N)c(N)c2)c(C)c1. The molecule has 2 aromatic carbocycles. The van der Waals surface area contributed by atoms with Gasteiger partial charge in [-0.05, 0) is 43.7 Å². The van der Waals surface area contributed by atoms with Gasteiger partial charge in [-0.3, -0.25) is 0 Å². The highest BCUT2D eigenvalue weighted by Gasteiger charge is 2.03. The first-order chi connectivity index (χ1) is 8.06. The molecule has 0 bridgehead atoms. The summed E-state index contributed by atoms with van der Waals surface area (Å²) in [4.78, 5) is 2.36. The Morgan fingerprint density at radius 2 is 1.65 bits per heavy atom. The Balaban J connectivity index is 2.28. The lowest BCUT2D eigenvalue weighted by Crippen LogP contribution is -1.93. The van der Waals surface area contributed by atoms with Gasteiger partial charge < -0.3 is 11.5 Å². The summed E-state index contributed by atoms with van der Waals surface area (Å²) < 4.78 is 0. The van der Waals surface area contributed by atoms with Gasteiger partial charge in [0, 0.05) is 9.79 Å². The van der Waals surface area contributed by atoms with Gasteiger partial charge in [-0.2, -0.15) is 0 Å². The zero-order valence-electron chi connectivity index (χ0n) is 10.0. The molecule has 2 aromatic rings. The number of rotatable bonds is 2. The molecule has 0 saturated carbocycles. The molecule has 2 rings (SSSR count). The normalized spacial score (nSPS) is 10.5. The van der Waals surface area contributed by atoms with Crippen LogP contribution in [0.4, 0.5) is 11.4 Å². The summed E-state index contributed by atoms with van der Waals surface area (Å²) in [5, 5.41) is 0.